The monoisotopic (exact) mass is 443 g/mol. The number of rotatable bonds is 4. The first-order valence-electron chi connectivity index (χ1n) is 11.6. The van der Waals surface area contributed by atoms with Crippen LogP contribution >= 0.6 is 0 Å². The highest BCUT2D eigenvalue weighted by Crippen LogP contribution is 2.20. The van der Waals surface area contributed by atoms with Crippen molar-refractivity contribution in [2.24, 2.45) is 0 Å². The molecule has 7 heteroatoms. The molecule has 0 bridgehead atoms. The molecule has 0 amide bonds. The standard InChI is InChI=1S/C26H33N7/c1-20-7-5-8-23(17-20)30-25-29-19-28-24(31-25)21-10-11-27-22(18-21)9-6-12-32-13-15-33(16-14-32)26(2,3)4/h8,10-11,17-19H,5,7,12-16H2,1-4H3,(H,28,29,30,31). The number of allylic oxidation sites excluding steroid dienone is 3. The summed E-state index contributed by atoms with van der Waals surface area (Å²) in [7, 11) is 0. The largest absolute Gasteiger partial charge is 0.324 e. The molecule has 0 spiro atoms. The Morgan fingerprint density at radius 2 is 1.91 bits per heavy atom. The molecule has 33 heavy (non-hydrogen) atoms. The third-order valence-corrected chi connectivity index (χ3v) is 5.99. The van der Waals surface area contributed by atoms with Gasteiger partial charge in [0, 0.05) is 49.2 Å². The third kappa shape index (κ3) is 6.47. The Bertz CT molecular complexity index is 1090. The highest BCUT2D eigenvalue weighted by atomic mass is 15.3. The van der Waals surface area contributed by atoms with Crippen LogP contribution in [-0.4, -0.2) is 68.0 Å². The molecular weight excluding hydrogens is 410 g/mol. The summed E-state index contributed by atoms with van der Waals surface area (Å²) in [5, 5.41) is 3.29. The van der Waals surface area contributed by atoms with E-state index in [1.54, 1.807) is 6.20 Å². The summed E-state index contributed by atoms with van der Waals surface area (Å²) >= 11 is 0. The van der Waals surface area contributed by atoms with Gasteiger partial charge < -0.3 is 5.32 Å². The molecule has 7 nitrogen and oxygen atoms in total. The molecule has 172 valence electrons. The highest BCUT2D eigenvalue weighted by molar-refractivity contribution is 5.58. The Labute approximate surface area is 197 Å². The van der Waals surface area contributed by atoms with Crippen LogP contribution in [0.1, 0.15) is 46.2 Å². The van der Waals surface area contributed by atoms with Gasteiger partial charge >= 0.3 is 0 Å². The van der Waals surface area contributed by atoms with Gasteiger partial charge in [-0.1, -0.05) is 17.6 Å². The normalized spacial score (nSPS) is 17.6. The molecule has 0 atom stereocenters. The molecule has 3 heterocycles. The van der Waals surface area contributed by atoms with Crippen molar-refractivity contribution in [3.05, 3.63) is 53.8 Å². The predicted octanol–water partition coefficient (Wildman–Crippen LogP) is 3.74. The molecule has 0 unspecified atom stereocenters. The maximum atomic E-state index is 4.59. The van der Waals surface area contributed by atoms with Crippen LogP contribution in [0, 0.1) is 11.8 Å². The Morgan fingerprint density at radius 1 is 1.09 bits per heavy atom. The van der Waals surface area contributed by atoms with Gasteiger partial charge in [-0.15, -0.1) is 0 Å². The maximum absolute atomic E-state index is 4.59. The van der Waals surface area contributed by atoms with Gasteiger partial charge in [-0.2, -0.15) is 4.98 Å². The zero-order chi connectivity index (χ0) is 23.3. The van der Waals surface area contributed by atoms with Crippen molar-refractivity contribution in [1.82, 2.24) is 29.7 Å². The third-order valence-electron chi connectivity index (χ3n) is 5.99. The molecular formula is C26H33N7. The van der Waals surface area contributed by atoms with Crippen molar-refractivity contribution < 1.29 is 0 Å². The summed E-state index contributed by atoms with van der Waals surface area (Å²) in [4.78, 5) is 22.6. The fourth-order valence-electron chi connectivity index (χ4n) is 4.02. The number of pyridine rings is 1. The number of hydrogen-bond acceptors (Lipinski definition) is 7. The smallest absolute Gasteiger partial charge is 0.230 e. The molecule has 0 saturated carbocycles. The summed E-state index contributed by atoms with van der Waals surface area (Å²) in [5.74, 6) is 7.64. The van der Waals surface area contributed by atoms with Gasteiger partial charge in [0.2, 0.25) is 5.95 Å². The first kappa shape index (κ1) is 23.1. The Balaban J connectivity index is 1.39. The summed E-state index contributed by atoms with van der Waals surface area (Å²) in [5.41, 5.74) is 4.21. The molecule has 2 aromatic rings. The lowest BCUT2D eigenvalue weighted by atomic mass is 10.1. The minimum Gasteiger partial charge on any atom is -0.324 e. The number of nitrogens with zero attached hydrogens (tertiary/aromatic N) is 6. The maximum Gasteiger partial charge on any atom is 0.230 e. The summed E-state index contributed by atoms with van der Waals surface area (Å²) in [6.45, 7) is 14.0. The zero-order valence-electron chi connectivity index (χ0n) is 20.1. The quantitative estimate of drug-likeness (QED) is 0.722. The molecule has 2 aliphatic rings. The van der Waals surface area contributed by atoms with Crippen LogP contribution in [0.25, 0.3) is 11.4 Å². The first-order chi connectivity index (χ1) is 15.9. The van der Waals surface area contributed by atoms with Crippen molar-refractivity contribution in [2.75, 3.05) is 38.0 Å². The van der Waals surface area contributed by atoms with E-state index in [0.717, 1.165) is 62.5 Å². The van der Waals surface area contributed by atoms with E-state index in [1.807, 2.05) is 12.1 Å². The van der Waals surface area contributed by atoms with Gasteiger partial charge in [0.25, 0.3) is 0 Å². The van der Waals surface area contributed by atoms with Crippen molar-refractivity contribution >= 4 is 5.95 Å². The fraction of sp³-hybridized carbons (Fsp3) is 0.462. The predicted molar refractivity (Wildman–Crippen MR) is 132 cm³/mol. The van der Waals surface area contributed by atoms with Crippen LogP contribution in [0.5, 0.6) is 0 Å². The van der Waals surface area contributed by atoms with Crippen LogP contribution in [0.3, 0.4) is 0 Å². The fourth-order valence-corrected chi connectivity index (χ4v) is 4.02. The summed E-state index contributed by atoms with van der Waals surface area (Å²) in [6.07, 6.45) is 9.72. The lowest BCUT2D eigenvalue weighted by Gasteiger charge is -2.41. The molecule has 0 radical (unpaired) electrons. The molecule has 1 N–H and O–H groups in total. The minimum atomic E-state index is 0.232. The average Bonchev–Trinajstić information content (AvgIpc) is 2.79. The molecule has 0 aromatic carbocycles. The Kier molecular flexibility index (Phi) is 7.17. The van der Waals surface area contributed by atoms with E-state index in [-0.39, 0.29) is 5.54 Å². The van der Waals surface area contributed by atoms with E-state index in [4.69, 9.17) is 0 Å². The van der Waals surface area contributed by atoms with Crippen molar-refractivity contribution in [2.45, 2.75) is 46.1 Å². The lowest BCUT2D eigenvalue weighted by molar-refractivity contribution is 0.0683. The number of piperazine rings is 1. The van der Waals surface area contributed by atoms with E-state index in [0.29, 0.717) is 11.8 Å². The molecule has 2 aromatic heterocycles. The minimum absolute atomic E-state index is 0.232. The second kappa shape index (κ2) is 10.2. The number of anilines is 1. The summed E-state index contributed by atoms with van der Waals surface area (Å²) in [6, 6.07) is 3.84. The van der Waals surface area contributed by atoms with Crippen molar-refractivity contribution in [3.63, 3.8) is 0 Å². The van der Waals surface area contributed by atoms with Crippen LogP contribution < -0.4 is 5.32 Å². The van der Waals surface area contributed by atoms with Crippen LogP contribution in [0.2, 0.25) is 0 Å². The highest BCUT2D eigenvalue weighted by Gasteiger charge is 2.25. The first-order valence-corrected chi connectivity index (χ1v) is 11.6. The second-order valence-corrected chi connectivity index (χ2v) is 9.61. The lowest BCUT2D eigenvalue weighted by Crippen LogP contribution is -2.53. The van der Waals surface area contributed by atoms with E-state index >= 15 is 0 Å². The van der Waals surface area contributed by atoms with Gasteiger partial charge in [-0.05, 0) is 64.7 Å². The van der Waals surface area contributed by atoms with Gasteiger partial charge in [0.05, 0.1) is 6.54 Å². The van der Waals surface area contributed by atoms with Gasteiger partial charge in [0.15, 0.2) is 5.82 Å². The van der Waals surface area contributed by atoms with Crippen LogP contribution in [-0.2, 0) is 0 Å². The van der Waals surface area contributed by atoms with Gasteiger partial charge in [-0.25, -0.2) is 15.0 Å². The number of nitrogens with one attached hydrogen (secondary N) is 1. The SMILES string of the molecule is CC1=CC(Nc2ncnc(-c3ccnc(C#CCN4CCN(C(C)(C)C)CC4)c3)n2)=CCC1. The average molecular weight is 444 g/mol. The van der Waals surface area contributed by atoms with Crippen molar-refractivity contribution in [1.29, 1.82) is 0 Å². The van der Waals surface area contributed by atoms with Crippen molar-refractivity contribution in [3.8, 4) is 23.2 Å². The van der Waals surface area contributed by atoms with E-state index < -0.39 is 0 Å². The summed E-state index contributed by atoms with van der Waals surface area (Å²) < 4.78 is 0. The van der Waals surface area contributed by atoms with Crippen LogP contribution in [0.15, 0.2) is 48.1 Å². The molecule has 1 aliphatic heterocycles. The van der Waals surface area contributed by atoms with Crippen LogP contribution in [0.4, 0.5) is 5.95 Å². The molecule has 1 aliphatic carbocycles. The van der Waals surface area contributed by atoms with E-state index in [2.05, 4.69) is 86.7 Å². The number of hydrogen-bond donors (Lipinski definition) is 1. The zero-order valence-corrected chi connectivity index (χ0v) is 20.1. The molecule has 1 fully saturated rings. The number of aromatic nitrogens is 4. The van der Waals surface area contributed by atoms with E-state index in [9.17, 15) is 0 Å². The Morgan fingerprint density at radius 3 is 2.67 bits per heavy atom. The topological polar surface area (TPSA) is 70.1 Å². The molecule has 1 saturated heterocycles. The molecule has 4 rings (SSSR count). The Hall–Kier alpha value is -3.08. The van der Waals surface area contributed by atoms with Gasteiger partial charge in [0.1, 0.15) is 12.0 Å². The second-order valence-electron chi connectivity index (χ2n) is 9.61. The van der Waals surface area contributed by atoms with Gasteiger partial charge in [-0.3, -0.25) is 9.80 Å². The van der Waals surface area contributed by atoms with E-state index in [1.165, 1.54) is 11.9 Å².